The summed E-state index contributed by atoms with van der Waals surface area (Å²) in [6, 6.07) is 85.0. The zero-order valence-electron chi connectivity index (χ0n) is 41.7. The van der Waals surface area contributed by atoms with Gasteiger partial charge in [0.25, 0.3) is 0 Å². The van der Waals surface area contributed by atoms with Crippen LogP contribution in [0.15, 0.2) is 289 Å². The predicted octanol–water partition coefficient (Wildman–Crippen LogP) is 17.5. The molecule has 358 valence electrons. The monoisotopic (exact) mass is 970 g/mol. The third-order valence-electron chi connectivity index (χ3n) is 16.1. The van der Waals surface area contributed by atoms with Crippen LogP contribution in [-0.2, 0) is 0 Å². The molecule has 4 heteroatoms. The topological polar surface area (TPSA) is 31.2 Å². The van der Waals surface area contributed by atoms with Crippen molar-refractivity contribution in [3.8, 4) is 44.5 Å². The molecule has 76 heavy (non-hydrogen) atoms. The van der Waals surface area contributed by atoms with Gasteiger partial charge >= 0.3 is 0 Å². The Morgan fingerprint density at radius 3 is 0.776 bits per heavy atom. The molecule has 11 aromatic rings. The Bertz CT molecular complexity index is 3890. The van der Waals surface area contributed by atoms with Gasteiger partial charge in [0, 0.05) is 12.4 Å². The van der Waals surface area contributed by atoms with Gasteiger partial charge in [-0.1, -0.05) is 243 Å². The highest BCUT2D eigenvalue weighted by atomic mass is 15.3. The van der Waals surface area contributed by atoms with Crippen LogP contribution in [0.4, 0.5) is 0 Å². The number of rotatable bonds is 8. The first kappa shape index (κ1) is 43.9. The maximum atomic E-state index is 5.29. The molecule has 0 saturated carbocycles. The number of benzene rings is 11. The SMILES string of the molecule is C1=CC2N=C(c3ccc(-c4c5ccccc5c(-c5ccc(-c6c7ccccc7c(-c7ccc(C8=NC9C=CC=CN9C8c8ccccc8)cc7)c7ccccc67)cc5)c5ccccc45)cc3)C(c3ccccc3)N2C=C1. The van der Waals surface area contributed by atoms with Crippen molar-refractivity contribution in [2.45, 2.75) is 24.4 Å². The highest BCUT2D eigenvalue weighted by Gasteiger charge is 2.37. The van der Waals surface area contributed by atoms with Crippen molar-refractivity contribution < 1.29 is 0 Å². The van der Waals surface area contributed by atoms with Crippen molar-refractivity contribution in [2.24, 2.45) is 9.98 Å². The zero-order valence-corrected chi connectivity index (χ0v) is 41.7. The van der Waals surface area contributed by atoms with E-state index in [1.807, 2.05) is 0 Å². The fraction of sp³-hybridized carbons (Fsp3) is 0.0556. The van der Waals surface area contributed by atoms with Crippen LogP contribution in [0.25, 0.3) is 87.6 Å². The fourth-order valence-electron chi connectivity index (χ4n) is 12.7. The molecule has 4 nitrogen and oxygen atoms in total. The smallest absolute Gasteiger partial charge is 0.141 e. The molecule has 15 rings (SSSR count). The normalized spacial score (nSPS) is 18.4. The van der Waals surface area contributed by atoms with Crippen LogP contribution in [0, 0.1) is 0 Å². The summed E-state index contributed by atoms with van der Waals surface area (Å²) in [6.07, 6.45) is 17.1. The standard InChI is InChI=1S/C72H50N4/c1-3-19-53(20-4-1)71-69(73-63-31-15-17-45-75(63)71)51-41-37-49(38-42-51)67-59-27-11-7-23-55(59)65(56-24-8-12-28-60(56)67)47-33-35-48(36-34-47)66-57-25-9-13-29-61(57)68(62-30-14-10-26-58(62)66)50-39-43-52(44-40-50)70-72(54-21-5-2-6-22-54)76-46-18-16-32-64(76)74-70/h1-46,63-64,71-72H. The second-order valence-electron chi connectivity index (χ2n) is 20.2. The predicted molar refractivity (Wildman–Crippen MR) is 317 cm³/mol. The lowest BCUT2D eigenvalue weighted by molar-refractivity contribution is 0.321. The molecular formula is C72H50N4. The molecule has 0 aliphatic carbocycles. The first-order chi connectivity index (χ1) is 37.7. The molecule has 4 atom stereocenters. The van der Waals surface area contributed by atoms with E-state index >= 15 is 0 Å². The number of fused-ring (bicyclic) bond motifs is 6. The minimum Gasteiger partial charge on any atom is -0.340 e. The van der Waals surface area contributed by atoms with Crippen LogP contribution in [0.2, 0.25) is 0 Å². The summed E-state index contributed by atoms with van der Waals surface area (Å²) >= 11 is 0. The summed E-state index contributed by atoms with van der Waals surface area (Å²) in [5.41, 5.74) is 16.7. The number of nitrogens with zero attached hydrogens (tertiary/aromatic N) is 4. The largest absolute Gasteiger partial charge is 0.340 e. The van der Waals surface area contributed by atoms with Gasteiger partial charge in [0.1, 0.15) is 12.3 Å². The lowest BCUT2D eigenvalue weighted by atomic mass is 9.84. The second-order valence-corrected chi connectivity index (χ2v) is 20.2. The quantitative estimate of drug-likeness (QED) is 0.142. The third kappa shape index (κ3) is 7.13. The van der Waals surface area contributed by atoms with Crippen molar-refractivity contribution >= 4 is 54.5 Å². The molecule has 0 amide bonds. The molecule has 4 heterocycles. The molecule has 0 fully saturated rings. The van der Waals surface area contributed by atoms with E-state index in [0.717, 1.165) is 22.6 Å². The van der Waals surface area contributed by atoms with Crippen molar-refractivity contribution in [1.82, 2.24) is 9.80 Å². The first-order valence-corrected chi connectivity index (χ1v) is 26.4. The molecule has 0 bridgehead atoms. The molecule has 4 aliphatic heterocycles. The van der Waals surface area contributed by atoms with Crippen molar-refractivity contribution in [3.63, 3.8) is 0 Å². The molecule has 0 spiro atoms. The number of allylic oxidation sites excluding steroid dienone is 4. The van der Waals surface area contributed by atoms with Gasteiger partial charge in [-0.25, -0.2) is 0 Å². The second kappa shape index (κ2) is 18.1. The Morgan fingerprint density at radius 1 is 0.250 bits per heavy atom. The maximum Gasteiger partial charge on any atom is 0.141 e. The van der Waals surface area contributed by atoms with Crippen LogP contribution in [0.3, 0.4) is 0 Å². The zero-order chi connectivity index (χ0) is 50.1. The molecule has 4 aliphatic rings. The van der Waals surface area contributed by atoms with Crippen LogP contribution in [-0.4, -0.2) is 33.6 Å². The lowest BCUT2D eigenvalue weighted by Crippen LogP contribution is -2.29. The summed E-state index contributed by atoms with van der Waals surface area (Å²) in [5, 5.41) is 9.88. The average Bonchev–Trinajstić information content (AvgIpc) is 4.09. The van der Waals surface area contributed by atoms with Crippen LogP contribution in [0.5, 0.6) is 0 Å². The average molecular weight is 971 g/mol. The highest BCUT2D eigenvalue weighted by molar-refractivity contribution is 6.23. The van der Waals surface area contributed by atoms with E-state index in [2.05, 4.69) is 289 Å². The van der Waals surface area contributed by atoms with Gasteiger partial charge in [0.2, 0.25) is 0 Å². The Balaban J connectivity index is 0.801. The molecule has 0 saturated heterocycles. The van der Waals surface area contributed by atoms with E-state index in [1.54, 1.807) is 0 Å². The minimum absolute atomic E-state index is 0.0136. The number of hydrogen-bond donors (Lipinski definition) is 0. The molecule has 0 radical (unpaired) electrons. The van der Waals surface area contributed by atoms with E-state index in [9.17, 15) is 0 Å². The van der Waals surface area contributed by atoms with E-state index < -0.39 is 0 Å². The van der Waals surface area contributed by atoms with E-state index in [-0.39, 0.29) is 24.4 Å². The van der Waals surface area contributed by atoms with Gasteiger partial charge in [-0.3, -0.25) is 9.98 Å². The summed E-state index contributed by atoms with van der Waals surface area (Å²) in [4.78, 5) is 15.3. The molecule has 0 aromatic heterocycles. The van der Waals surface area contributed by atoms with Crippen LogP contribution >= 0.6 is 0 Å². The molecular weight excluding hydrogens is 921 g/mol. The summed E-state index contributed by atoms with van der Waals surface area (Å²) < 4.78 is 0. The fourth-order valence-corrected chi connectivity index (χ4v) is 12.7. The summed E-state index contributed by atoms with van der Waals surface area (Å²) in [5.74, 6) is 0. The van der Waals surface area contributed by atoms with Gasteiger partial charge in [0.15, 0.2) is 0 Å². The van der Waals surface area contributed by atoms with Gasteiger partial charge in [-0.2, -0.15) is 0 Å². The van der Waals surface area contributed by atoms with E-state index in [0.29, 0.717) is 0 Å². The number of hydrogen-bond acceptors (Lipinski definition) is 4. The Morgan fingerprint density at radius 2 is 0.500 bits per heavy atom. The minimum atomic E-state index is -0.0136. The van der Waals surface area contributed by atoms with Gasteiger partial charge in [0.05, 0.1) is 23.5 Å². The summed E-state index contributed by atoms with van der Waals surface area (Å²) in [7, 11) is 0. The van der Waals surface area contributed by atoms with Crippen molar-refractivity contribution in [3.05, 3.63) is 302 Å². The summed E-state index contributed by atoms with van der Waals surface area (Å²) in [6.45, 7) is 0. The van der Waals surface area contributed by atoms with Gasteiger partial charge in [-0.05, 0) is 134 Å². The Hall–Kier alpha value is -9.64. The van der Waals surface area contributed by atoms with Gasteiger partial charge < -0.3 is 9.80 Å². The first-order valence-electron chi connectivity index (χ1n) is 26.4. The van der Waals surface area contributed by atoms with Crippen molar-refractivity contribution in [1.29, 1.82) is 0 Å². The maximum absolute atomic E-state index is 5.29. The van der Waals surface area contributed by atoms with Crippen LogP contribution in [0.1, 0.15) is 34.3 Å². The molecule has 11 aromatic carbocycles. The van der Waals surface area contributed by atoms with Crippen molar-refractivity contribution in [2.75, 3.05) is 0 Å². The van der Waals surface area contributed by atoms with Crippen LogP contribution < -0.4 is 0 Å². The van der Waals surface area contributed by atoms with E-state index in [1.165, 1.54) is 98.7 Å². The molecule has 4 unspecified atom stereocenters. The van der Waals surface area contributed by atoms with Gasteiger partial charge in [-0.15, -0.1) is 0 Å². The lowest BCUT2D eigenvalue weighted by Gasteiger charge is -2.29. The Kier molecular flexibility index (Phi) is 10.4. The highest BCUT2D eigenvalue weighted by Crippen LogP contribution is 2.48. The molecule has 0 N–H and O–H groups in total. The van der Waals surface area contributed by atoms with E-state index in [4.69, 9.17) is 9.98 Å². The third-order valence-corrected chi connectivity index (χ3v) is 16.1. The Labute approximate surface area is 442 Å². The number of aliphatic imine (C=N–C) groups is 2.